The molecule has 6 heteroatoms. The van der Waals surface area contributed by atoms with E-state index in [9.17, 15) is 13.2 Å². The van der Waals surface area contributed by atoms with E-state index >= 15 is 0 Å². The van der Waals surface area contributed by atoms with Crippen LogP contribution in [0.4, 0.5) is 5.69 Å². The summed E-state index contributed by atoms with van der Waals surface area (Å²) < 4.78 is 27.6. The summed E-state index contributed by atoms with van der Waals surface area (Å²) in [6, 6.07) is 27.5. The third-order valence-electron chi connectivity index (χ3n) is 7.33. The van der Waals surface area contributed by atoms with E-state index in [0.29, 0.717) is 17.7 Å². The molecule has 174 valence electrons. The maximum Gasteiger partial charge on any atom is 0.240 e. The average molecular weight is 481 g/mol. The maximum absolute atomic E-state index is 13.6. The highest BCUT2D eigenvalue weighted by atomic mass is 32.2. The summed E-state index contributed by atoms with van der Waals surface area (Å²) >= 11 is 0. The fourth-order valence-electron chi connectivity index (χ4n) is 5.70. The number of anilines is 1. The Morgan fingerprint density at radius 1 is 0.943 bits per heavy atom. The Bertz CT molecular complexity index is 1640. The minimum Gasteiger partial charge on any atom is -0.325 e. The third kappa shape index (κ3) is 3.32. The van der Waals surface area contributed by atoms with Crippen molar-refractivity contribution in [2.45, 2.75) is 22.6 Å². The molecule has 0 saturated heterocycles. The lowest BCUT2D eigenvalue weighted by Gasteiger charge is -2.35. The van der Waals surface area contributed by atoms with E-state index in [1.54, 1.807) is 12.1 Å². The molecular formula is C29H24N2O3S. The molecule has 2 aliphatic rings. The van der Waals surface area contributed by atoms with Crippen LogP contribution in [0.1, 0.15) is 28.2 Å². The first-order valence-electron chi connectivity index (χ1n) is 11.6. The summed E-state index contributed by atoms with van der Waals surface area (Å²) in [5.41, 5.74) is 3.98. The molecule has 4 aromatic rings. The number of hydrogen-bond donors (Lipinski definition) is 2. The number of carbonyl (C=O) groups excluding carboxylic acids is 1. The van der Waals surface area contributed by atoms with Gasteiger partial charge in [-0.25, -0.2) is 13.1 Å². The van der Waals surface area contributed by atoms with Gasteiger partial charge in [0.15, 0.2) is 0 Å². The van der Waals surface area contributed by atoms with E-state index < -0.39 is 21.4 Å². The van der Waals surface area contributed by atoms with E-state index in [2.05, 4.69) is 64.7 Å². The van der Waals surface area contributed by atoms with Gasteiger partial charge in [-0.15, -0.1) is 0 Å². The number of sulfonamides is 1. The lowest BCUT2D eigenvalue weighted by molar-refractivity contribution is -0.118. The van der Waals surface area contributed by atoms with E-state index in [-0.39, 0.29) is 10.8 Å². The Morgan fingerprint density at radius 3 is 2.57 bits per heavy atom. The molecule has 1 heterocycles. The Kier molecular flexibility index (Phi) is 4.91. The Morgan fingerprint density at radius 2 is 1.71 bits per heavy atom. The highest BCUT2D eigenvalue weighted by molar-refractivity contribution is 7.89. The smallest absolute Gasteiger partial charge is 0.240 e. The number of nitrogens with one attached hydrogen (secondary N) is 2. The molecule has 2 atom stereocenters. The van der Waals surface area contributed by atoms with Gasteiger partial charge in [0.05, 0.1) is 10.8 Å². The highest BCUT2D eigenvalue weighted by Gasteiger charge is 2.50. The maximum atomic E-state index is 13.6. The fourth-order valence-corrected chi connectivity index (χ4v) is 6.47. The predicted octanol–water partition coefficient (Wildman–Crippen LogP) is 4.99. The lowest BCUT2D eigenvalue weighted by atomic mass is 9.65. The molecule has 1 aliphatic heterocycles. The second-order valence-corrected chi connectivity index (χ2v) is 11.0. The number of fused-ring (bicyclic) bond motifs is 3. The Hall–Kier alpha value is -3.74. The molecule has 35 heavy (non-hydrogen) atoms. The van der Waals surface area contributed by atoms with Crippen LogP contribution in [0.3, 0.4) is 0 Å². The number of hydrogen-bond acceptors (Lipinski definition) is 3. The van der Waals surface area contributed by atoms with Gasteiger partial charge in [0.25, 0.3) is 0 Å². The zero-order valence-corrected chi connectivity index (χ0v) is 20.0. The molecular weight excluding hydrogens is 456 g/mol. The monoisotopic (exact) mass is 480 g/mol. The lowest BCUT2D eigenvalue weighted by Crippen LogP contribution is -2.37. The van der Waals surface area contributed by atoms with Crippen molar-refractivity contribution in [3.05, 3.63) is 113 Å². The minimum atomic E-state index is -3.66. The summed E-state index contributed by atoms with van der Waals surface area (Å²) in [6.07, 6.45) is 4.82. The van der Waals surface area contributed by atoms with Crippen LogP contribution in [-0.2, 0) is 26.7 Å². The van der Waals surface area contributed by atoms with Crippen molar-refractivity contribution in [2.24, 2.45) is 0 Å². The van der Waals surface area contributed by atoms with Gasteiger partial charge in [0.2, 0.25) is 15.9 Å². The van der Waals surface area contributed by atoms with Crippen molar-refractivity contribution in [1.82, 2.24) is 4.72 Å². The summed E-state index contributed by atoms with van der Waals surface area (Å²) in [6.45, 7) is 0. The highest BCUT2D eigenvalue weighted by Crippen LogP contribution is 2.53. The van der Waals surface area contributed by atoms with Crippen LogP contribution in [-0.4, -0.2) is 21.4 Å². The minimum absolute atomic E-state index is 0.124. The normalized spacial score (nSPS) is 20.6. The molecule has 0 spiro atoms. The van der Waals surface area contributed by atoms with Crippen molar-refractivity contribution in [2.75, 3.05) is 12.4 Å². The molecule has 0 fully saturated rings. The standard InChI is InChI=1S/C29H24N2O3S/c1-30-35(33,34)22-13-14-26-24(17-22)27(28(32)31-26)29(16-15-20-8-3-5-12-25(20)29)18-21-10-6-9-19-7-2-4-11-23(19)21/h2-17,27,30H,18H2,1H3,(H,31,32). The van der Waals surface area contributed by atoms with Gasteiger partial charge in [-0.3, -0.25) is 4.79 Å². The van der Waals surface area contributed by atoms with Gasteiger partial charge >= 0.3 is 0 Å². The van der Waals surface area contributed by atoms with Crippen LogP contribution < -0.4 is 10.0 Å². The largest absolute Gasteiger partial charge is 0.325 e. The van der Waals surface area contributed by atoms with Gasteiger partial charge in [-0.1, -0.05) is 78.9 Å². The molecule has 0 saturated carbocycles. The van der Waals surface area contributed by atoms with Crippen LogP contribution in [0.2, 0.25) is 0 Å². The number of allylic oxidation sites excluding steroid dienone is 1. The Balaban J connectivity index is 1.58. The van der Waals surface area contributed by atoms with E-state index in [1.165, 1.54) is 13.1 Å². The zero-order chi connectivity index (χ0) is 24.2. The van der Waals surface area contributed by atoms with Crippen molar-refractivity contribution in [3.63, 3.8) is 0 Å². The molecule has 6 rings (SSSR count). The summed E-state index contributed by atoms with van der Waals surface area (Å²) in [5.74, 6) is -0.705. The van der Waals surface area contributed by atoms with Gasteiger partial charge in [-0.05, 0) is 64.7 Å². The number of amides is 1. The number of carbonyl (C=O) groups is 1. The first kappa shape index (κ1) is 21.8. The Labute approximate surface area is 204 Å². The van der Waals surface area contributed by atoms with Gasteiger partial charge < -0.3 is 5.32 Å². The second kappa shape index (κ2) is 7.90. The van der Waals surface area contributed by atoms with Crippen molar-refractivity contribution in [3.8, 4) is 0 Å². The van der Waals surface area contributed by atoms with E-state index in [1.807, 2.05) is 24.3 Å². The van der Waals surface area contributed by atoms with Crippen molar-refractivity contribution >= 4 is 38.5 Å². The first-order valence-corrected chi connectivity index (χ1v) is 13.0. The van der Waals surface area contributed by atoms with Crippen LogP contribution in [0, 0.1) is 0 Å². The van der Waals surface area contributed by atoms with Gasteiger partial charge in [-0.2, -0.15) is 0 Å². The molecule has 4 aromatic carbocycles. The third-order valence-corrected chi connectivity index (χ3v) is 8.75. The number of rotatable bonds is 5. The van der Waals surface area contributed by atoms with Crippen molar-refractivity contribution < 1.29 is 13.2 Å². The predicted molar refractivity (Wildman–Crippen MR) is 139 cm³/mol. The fraction of sp³-hybridized carbons (Fsp3) is 0.138. The molecule has 1 aliphatic carbocycles. The SMILES string of the molecule is CNS(=O)(=O)c1ccc2c(c1)C(C1(Cc3cccc4ccccc34)C=Cc3ccccc31)C(=O)N2. The topological polar surface area (TPSA) is 75.3 Å². The molecule has 1 amide bonds. The van der Waals surface area contributed by atoms with Crippen LogP contribution in [0.5, 0.6) is 0 Å². The molecule has 5 nitrogen and oxygen atoms in total. The van der Waals surface area contributed by atoms with E-state index in [4.69, 9.17) is 0 Å². The molecule has 2 unspecified atom stereocenters. The number of benzene rings is 4. The van der Waals surface area contributed by atoms with Crippen LogP contribution >= 0.6 is 0 Å². The molecule has 2 N–H and O–H groups in total. The summed E-state index contributed by atoms with van der Waals surface area (Å²) in [4.78, 5) is 13.8. The average Bonchev–Trinajstić information content (AvgIpc) is 3.41. The first-order chi connectivity index (χ1) is 16.9. The van der Waals surface area contributed by atoms with E-state index in [0.717, 1.165) is 27.5 Å². The van der Waals surface area contributed by atoms with Gasteiger partial charge in [0, 0.05) is 11.1 Å². The summed E-state index contributed by atoms with van der Waals surface area (Å²) in [5, 5.41) is 5.31. The molecule has 0 aromatic heterocycles. The van der Waals surface area contributed by atoms with Crippen molar-refractivity contribution in [1.29, 1.82) is 0 Å². The van der Waals surface area contributed by atoms with Crippen LogP contribution in [0.25, 0.3) is 16.8 Å². The van der Waals surface area contributed by atoms with Crippen LogP contribution in [0.15, 0.2) is 95.9 Å². The molecule has 0 radical (unpaired) electrons. The quantitative estimate of drug-likeness (QED) is 0.423. The molecule has 0 bridgehead atoms. The zero-order valence-electron chi connectivity index (χ0n) is 19.2. The van der Waals surface area contributed by atoms with Gasteiger partial charge in [0.1, 0.15) is 0 Å². The summed E-state index contributed by atoms with van der Waals surface area (Å²) in [7, 11) is -2.27. The second-order valence-electron chi connectivity index (χ2n) is 9.15.